The van der Waals surface area contributed by atoms with Crippen LogP contribution in [0.15, 0.2) is 24.3 Å². The predicted octanol–water partition coefficient (Wildman–Crippen LogP) is 2.30. The zero-order valence-corrected chi connectivity index (χ0v) is 6.85. The van der Waals surface area contributed by atoms with Crippen molar-refractivity contribution in [3.8, 4) is 0 Å². The van der Waals surface area contributed by atoms with E-state index >= 15 is 0 Å². The molecule has 1 rings (SSSR count). The summed E-state index contributed by atoms with van der Waals surface area (Å²) in [5.41, 5.74) is 0.766. The topological polar surface area (TPSA) is 29.1 Å². The zero-order valence-electron chi connectivity index (χ0n) is 6.10. The summed E-state index contributed by atoms with van der Waals surface area (Å²) in [6, 6.07) is 6.97. The van der Waals surface area contributed by atoms with Gasteiger partial charge in [0.15, 0.2) is 0 Å². The molecule has 11 heavy (non-hydrogen) atoms. The Hall–Kier alpha value is -1.02. The maximum absolute atomic E-state index is 10.6. The van der Waals surface area contributed by atoms with Crippen LogP contribution in [-0.4, -0.2) is 5.91 Å². The second kappa shape index (κ2) is 3.39. The minimum Gasteiger partial charge on any atom is -0.326 e. The quantitative estimate of drug-likeness (QED) is 0.690. The summed E-state index contributed by atoms with van der Waals surface area (Å²) >= 11 is 5.64. The maximum Gasteiger partial charge on any atom is 0.221 e. The highest BCUT2D eigenvalue weighted by Crippen LogP contribution is 2.12. The molecule has 1 aromatic rings. The molecule has 2 nitrogen and oxygen atoms in total. The van der Waals surface area contributed by atoms with Gasteiger partial charge in [-0.25, -0.2) is 0 Å². The van der Waals surface area contributed by atoms with Crippen molar-refractivity contribution in [2.75, 3.05) is 5.32 Å². The third kappa shape index (κ3) is 2.60. The first kappa shape index (κ1) is 8.08. The minimum atomic E-state index is -0.0766. The summed E-state index contributed by atoms with van der Waals surface area (Å²) in [4.78, 5) is 10.6. The highest BCUT2D eigenvalue weighted by Gasteiger charge is 1.93. The van der Waals surface area contributed by atoms with E-state index in [9.17, 15) is 4.79 Å². The van der Waals surface area contributed by atoms with Crippen LogP contribution < -0.4 is 5.32 Å². The first-order valence-corrected chi connectivity index (χ1v) is 3.59. The van der Waals surface area contributed by atoms with E-state index in [0.29, 0.717) is 5.02 Å². The van der Waals surface area contributed by atoms with Gasteiger partial charge in [-0.3, -0.25) is 4.79 Å². The van der Waals surface area contributed by atoms with Crippen molar-refractivity contribution in [2.24, 2.45) is 0 Å². The average Bonchev–Trinajstić information content (AvgIpc) is 1.93. The highest BCUT2D eigenvalue weighted by atomic mass is 35.5. The van der Waals surface area contributed by atoms with Crippen molar-refractivity contribution in [2.45, 2.75) is 6.92 Å². The smallest absolute Gasteiger partial charge is 0.221 e. The molecular formula is C8H8ClNO. The van der Waals surface area contributed by atoms with Crippen molar-refractivity contribution in [1.82, 2.24) is 0 Å². The zero-order chi connectivity index (χ0) is 8.27. The lowest BCUT2D eigenvalue weighted by Crippen LogP contribution is -2.04. The van der Waals surface area contributed by atoms with Crippen LogP contribution in [0.5, 0.6) is 0 Å². The van der Waals surface area contributed by atoms with Crippen LogP contribution in [0.25, 0.3) is 0 Å². The molecule has 0 radical (unpaired) electrons. The van der Waals surface area contributed by atoms with Gasteiger partial charge in [-0.2, -0.15) is 0 Å². The number of halogens is 1. The van der Waals surface area contributed by atoms with Crippen molar-refractivity contribution in [1.29, 1.82) is 0 Å². The summed E-state index contributed by atoms with van der Waals surface area (Å²) in [5.74, 6) is -0.0766. The van der Waals surface area contributed by atoms with Gasteiger partial charge in [0.05, 0.1) is 0 Å². The van der Waals surface area contributed by atoms with Gasteiger partial charge in [0, 0.05) is 17.6 Å². The summed E-state index contributed by atoms with van der Waals surface area (Å²) in [5, 5.41) is 3.30. The number of rotatable bonds is 1. The Balaban J connectivity index is 2.74. The fraction of sp³-hybridized carbons (Fsp3) is 0.125. The monoisotopic (exact) mass is 171 g/mol. The van der Waals surface area contributed by atoms with Gasteiger partial charge in [-0.15, -0.1) is 0 Å². The molecule has 1 amide bonds. The van der Waals surface area contributed by atoms with E-state index < -0.39 is 0 Å². The molecule has 0 heterocycles. The van der Waals surface area contributed by atoms with E-state index in [0.717, 1.165) is 5.69 Å². The third-order valence-electron chi connectivity index (χ3n) is 1.16. The summed E-state index contributed by atoms with van der Waals surface area (Å²) < 4.78 is 0. The van der Waals surface area contributed by atoms with E-state index in [4.69, 9.17) is 11.6 Å². The molecule has 0 bridgehead atoms. The Morgan fingerprint density at radius 2 is 2.09 bits per heavy atom. The van der Waals surface area contributed by atoms with Crippen LogP contribution >= 0.6 is 11.6 Å². The highest BCUT2D eigenvalue weighted by molar-refractivity contribution is 6.30. The van der Waals surface area contributed by atoms with Gasteiger partial charge in [-0.1, -0.05) is 11.6 Å². The SMILES string of the molecule is CC(=O)N[14c]1ccc(Cl)cc1. The molecule has 0 spiro atoms. The Bertz CT molecular complexity index is 255. The molecule has 0 fully saturated rings. The molecule has 0 saturated heterocycles. The van der Waals surface area contributed by atoms with E-state index in [1.165, 1.54) is 6.92 Å². The van der Waals surface area contributed by atoms with Crippen LogP contribution in [0.4, 0.5) is 5.69 Å². The average molecular weight is 172 g/mol. The molecule has 1 aromatic carbocycles. The van der Waals surface area contributed by atoms with Gasteiger partial charge in [0.1, 0.15) is 0 Å². The molecule has 0 unspecified atom stereocenters. The van der Waals surface area contributed by atoms with Gasteiger partial charge >= 0.3 is 0 Å². The molecule has 58 valence electrons. The lowest BCUT2D eigenvalue weighted by Gasteiger charge is -1.99. The van der Waals surface area contributed by atoms with Crippen molar-refractivity contribution >= 4 is 23.2 Å². The Kier molecular flexibility index (Phi) is 2.49. The number of hydrogen-bond acceptors (Lipinski definition) is 1. The van der Waals surface area contributed by atoms with Gasteiger partial charge < -0.3 is 5.32 Å². The molecule has 0 atom stereocenters. The molecule has 0 saturated carbocycles. The Morgan fingerprint density at radius 1 is 1.55 bits per heavy atom. The molecule has 0 aliphatic rings. The summed E-state index contributed by atoms with van der Waals surface area (Å²) in [6.07, 6.45) is 0. The second-order valence-electron chi connectivity index (χ2n) is 2.19. The van der Waals surface area contributed by atoms with Crippen LogP contribution in [0.3, 0.4) is 0 Å². The largest absolute Gasteiger partial charge is 0.326 e. The summed E-state index contributed by atoms with van der Waals surface area (Å²) in [7, 11) is 0. The normalized spacial score (nSPS) is 9.27. The first-order chi connectivity index (χ1) is 5.18. The Labute approximate surface area is 70.2 Å². The number of benzene rings is 1. The number of amides is 1. The van der Waals surface area contributed by atoms with E-state index in [1.807, 2.05) is 0 Å². The number of nitrogens with one attached hydrogen (secondary N) is 1. The molecular weight excluding hydrogens is 164 g/mol. The lowest BCUT2D eigenvalue weighted by atomic mass is 10.5. The van der Waals surface area contributed by atoms with Crippen molar-refractivity contribution < 1.29 is 4.79 Å². The number of carbonyl (C=O) groups is 1. The van der Waals surface area contributed by atoms with Crippen LogP contribution in [-0.2, 0) is 4.79 Å². The van der Waals surface area contributed by atoms with E-state index in [-0.39, 0.29) is 5.91 Å². The van der Waals surface area contributed by atoms with E-state index in [2.05, 4.69) is 5.32 Å². The van der Waals surface area contributed by atoms with Gasteiger partial charge in [0.2, 0.25) is 5.91 Å². The van der Waals surface area contributed by atoms with Crippen LogP contribution in [0, 0.1) is 0 Å². The molecule has 1 N–H and O–H groups in total. The molecule has 0 aliphatic heterocycles. The standard InChI is InChI=1S/C8H8ClNO/c1-6(11)10-8-4-2-7(9)3-5-8/h2-5H,1H3,(H,10,11)/i8+2. The predicted molar refractivity (Wildman–Crippen MR) is 45.8 cm³/mol. The minimum absolute atomic E-state index is 0.0766. The van der Waals surface area contributed by atoms with Crippen molar-refractivity contribution in [3.63, 3.8) is 0 Å². The number of anilines is 1. The fourth-order valence-corrected chi connectivity index (χ4v) is 0.862. The molecule has 0 aromatic heterocycles. The number of carbonyl (C=O) groups excluding carboxylic acids is 1. The molecule has 3 heteroatoms. The van der Waals surface area contributed by atoms with Crippen molar-refractivity contribution in [3.05, 3.63) is 29.3 Å². The van der Waals surface area contributed by atoms with Gasteiger partial charge in [-0.05, 0) is 24.3 Å². The van der Waals surface area contributed by atoms with Gasteiger partial charge in [0.25, 0.3) is 0 Å². The summed E-state index contributed by atoms with van der Waals surface area (Å²) in [6.45, 7) is 1.47. The second-order valence-corrected chi connectivity index (χ2v) is 2.62. The lowest BCUT2D eigenvalue weighted by molar-refractivity contribution is -0.114. The third-order valence-corrected chi connectivity index (χ3v) is 1.42. The van der Waals surface area contributed by atoms with Crippen LogP contribution in [0.1, 0.15) is 6.92 Å². The molecule has 0 aliphatic carbocycles. The first-order valence-electron chi connectivity index (χ1n) is 3.21. The number of hydrogen-bond donors (Lipinski definition) is 1. The van der Waals surface area contributed by atoms with E-state index in [1.54, 1.807) is 24.3 Å². The fourth-order valence-electron chi connectivity index (χ4n) is 0.736. The Morgan fingerprint density at radius 3 is 2.55 bits per heavy atom. The van der Waals surface area contributed by atoms with Crippen LogP contribution in [0.2, 0.25) is 5.02 Å². The maximum atomic E-state index is 10.6.